The van der Waals surface area contributed by atoms with E-state index >= 15 is 0 Å². The summed E-state index contributed by atoms with van der Waals surface area (Å²) in [6.45, 7) is 1.92. The zero-order chi connectivity index (χ0) is 5.98. The molecule has 0 aliphatic carbocycles. The first kappa shape index (κ1) is 5.41. The van der Waals surface area contributed by atoms with E-state index in [9.17, 15) is 0 Å². The van der Waals surface area contributed by atoms with E-state index in [0.717, 1.165) is 19.0 Å². The van der Waals surface area contributed by atoms with Crippen LogP contribution in [0.2, 0.25) is 0 Å². The van der Waals surface area contributed by atoms with Gasteiger partial charge in [-0.15, -0.1) is 0 Å². The Bertz CT molecular complexity index is 106. The van der Waals surface area contributed by atoms with Crippen molar-refractivity contribution in [3.63, 3.8) is 0 Å². The van der Waals surface area contributed by atoms with Gasteiger partial charge < -0.3 is 10.2 Å². The van der Waals surface area contributed by atoms with Gasteiger partial charge in [0.25, 0.3) is 0 Å². The van der Waals surface area contributed by atoms with Gasteiger partial charge in [0.1, 0.15) is 0 Å². The first-order valence-corrected chi connectivity index (χ1v) is 2.76. The van der Waals surface area contributed by atoms with Gasteiger partial charge in [0.2, 0.25) is 0 Å². The van der Waals surface area contributed by atoms with Crippen molar-refractivity contribution < 1.29 is 0 Å². The third kappa shape index (κ3) is 0.911. The van der Waals surface area contributed by atoms with Crippen molar-refractivity contribution >= 4 is 5.96 Å². The van der Waals surface area contributed by atoms with Crippen LogP contribution in [0.4, 0.5) is 0 Å². The van der Waals surface area contributed by atoms with E-state index in [4.69, 9.17) is 0 Å². The van der Waals surface area contributed by atoms with Gasteiger partial charge in [-0.2, -0.15) is 0 Å². The molecular formula is C5H11N3. The Balaban J connectivity index is 2.45. The molecule has 0 fully saturated rings. The van der Waals surface area contributed by atoms with E-state index in [0.29, 0.717) is 0 Å². The number of nitrogens with zero attached hydrogens (tertiary/aromatic N) is 2. The highest BCUT2D eigenvalue weighted by Crippen LogP contribution is 1.85. The number of aliphatic imine (C=N–C) groups is 1. The van der Waals surface area contributed by atoms with E-state index < -0.39 is 0 Å². The van der Waals surface area contributed by atoms with E-state index in [1.807, 2.05) is 19.0 Å². The lowest BCUT2D eigenvalue weighted by molar-refractivity contribution is 0.601. The molecule has 1 heterocycles. The van der Waals surface area contributed by atoms with E-state index in [1.165, 1.54) is 0 Å². The van der Waals surface area contributed by atoms with Gasteiger partial charge in [-0.1, -0.05) is 0 Å². The minimum atomic E-state index is 0.924. The number of hydrogen-bond acceptors (Lipinski definition) is 3. The number of nitrogens with one attached hydrogen (secondary N) is 1. The Morgan fingerprint density at radius 3 is 2.62 bits per heavy atom. The predicted molar refractivity (Wildman–Crippen MR) is 34.0 cm³/mol. The zero-order valence-electron chi connectivity index (χ0n) is 5.31. The monoisotopic (exact) mass is 113 g/mol. The maximum Gasteiger partial charge on any atom is 0.193 e. The first-order chi connectivity index (χ1) is 3.80. The van der Waals surface area contributed by atoms with Gasteiger partial charge in [-0.3, -0.25) is 4.99 Å². The van der Waals surface area contributed by atoms with Crippen LogP contribution in [0.5, 0.6) is 0 Å². The summed E-state index contributed by atoms with van der Waals surface area (Å²) in [7, 11) is 3.97. The van der Waals surface area contributed by atoms with Crippen molar-refractivity contribution in [3.05, 3.63) is 0 Å². The molecule has 1 aliphatic heterocycles. The summed E-state index contributed by atoms with van der Waals surface area (Å²) in [5.41, 5.74) is 0. The lowest BCUT2D eigenvalue weighted by Gasteiger charge is -2.10. The molecule has 0 bridgehead atoms. The summed E-state index contributed by atoms with van der Waals surface area (Å²) in [4.78, 5) is 6.15. The molecule has 1 N–H and O–H groups in total. The minimum Gasteiger partial charge on any atom is -0.354 e. The van der Waals surface area contributed by atoms with E-state index in [-0.39, 0.29) is 0 Å². The Labute approximate surface area is 49.4 Å². The molecule has 0 aromatic heterocycles. The molecule has 0 aromatic rings. The van der Waals surface area contributed by atoms with Crippen LogP contribution in [0.15, 0.2) is 4.99 Å². The van der Waals surface area contributed by atoms with Crippen LogP contribution in [0, 0.1) is 0 Å². The number of hydrogen-bond donors (Lipinski definition) is 1. The Morgan fingerprint density at radius 2 is 2.38 bits per heavy atom. The van der Waals surface area contributed by atoms with Crippen LogP contribution in [0.1, 0.15) is 0 Å². The molecule has 1 rings (SSSR count). The SMILES string of the molecule is CN(C)C1=NCCN1. The average Bonchev–Trinajstić information content (AvgIpc) is 2.12. The van der Waals surface area contributed by atoms with Crippen molar-refractivity contribution in [2.45, 2.75) is 0 Å². The normalized spacial score (nSPS) is 17.5. The standard InChI is InChI=1S/C5H11N3/c1-8(2)5-6-3-4-7-5/h3-4H2,1-2H3,(H,6,7). The third-order valence-corrected chi connectivity index (χ3v) is 1.08. The maximum absolute atomic E-state index is 4.17. The minimum absolute atomic E-state index is 0.924. The lowest BCUT2D eigenvalue weighted by atomic mass is 10.7. The molecule has 0 spiro atoms. The first-order valence-electron chi connectivity index (χ1n) is 2.76. The molecule has 1 aliphatic rings. The van der Waals surface area contributed by atoms with Gasteiger partial charge in [0, 0.05) is 20.6 Å². The summed E-state index contributed by atoms with van der Waals surface area (Å²) in [5, 5.41) is 3.13. The van der Waals surface area contributed by atoms with Gasteiger partial charge in [-0.25, -0.2) is 0 Å². The Morgan fingerprint density at radius 1 is 1.62 bits per heavy atom. The Hall–Kier alpha value is -0.730. The van der Waals surface area contributed by atoms with Crippen molar-refractivity contribution in [2.75, 3.05) is 27.2 Å². The predicted octanol–water partition coefficient (Wildman–Crippen LogP) is -0.493. The van der Waals surface area contributed by atoms with Crippen LogP contribution in [0.3, 0.4) is 0 Å². The van der Waals surface area contributed by atoms with Crippen LogP contribution in [0.25, 0.3) is 0 Å². The zero-order valence-corrected chi connectivity index (χ0v) is 5.31. The third-order valence-electron chi connectivity index (χ3n) is 1.08. The fraction of sp³-hybridized carbons (Fsp3) is 0.800. The molecule has 0 atom stereocenters. The summed E-state index contributed by atoms with van der Waals surface area (Å²) in [6, 6.07) is 0. The molecule has 8 heavy (non-hydrogen) atoms. The largest absolute Gasteiger partial charge is 0.354 e. The average molecular weight is 113 g/mol. The van der Waals surface area contributed by atoms with Crippen LogP contribution < -0.4 is 5.32 Å². The highest BCUT2D eigenvalue weighted by Gasteiger charge is 2.04. The lowest BCUT2D eigenvalue weighted by Crippen LogP contribution is -2.32. The molecular weight excluding hydrogens is 102 g/mol. The topological polar surface area (TPSA) is 27.6 Å². The highest BCUT2D eigenvalue weighted by molar-refractivity contribution is 5.80. The molecule has 3 heteroatoms. The van der Waals surface area contributed by atoms with Crippen molar-refractivity contribution in [1.82, 2.24) is 10.2 Å². The molecule has 0 saturated carbocycles. The second-order valence-electron chi connectivity index (χ2n) is 2.03. The second-order valence-corrected chi connectivity index (χ2v) is 2.03. The van der Waals surface area contributed by atoms with Gasteiger partial charge in [0.15, 0.2) is 5.96 Å². The molecule has 3 nitrogen and oxygen atoms in total. The summed E-state index contributed by atoms with van der Waals surface area (Å²) in [5.74, 6) is 1.00. The highest BCUT2D eigenvalue weighted by atomic mass is 15.3. The quantitative estimate of drug-likeness (QED) is 0.459. The molecule has 0 amide bonds. The fourth-order valence-corrected chi connectivity index (χ4v) is 0.685. The van der Waals surface area contributed by atoms with Crippen molar-refractivity contribution in [2.24, 2.45) is 4.99 Å². The second kappa shape index (κ2) is 2.03. The molecule has 0 aromatic carbocycles. The maximum atomic E-state index is 4.17. The molecule has 0 unspecified atom stereocenters. The van der Waals surface area contributed by atoms with Crippen molar-refractivity contribution in [1.29, 1.82) is 0 Å². The van der Waals surface area contributed by atoms with Crippen LogP contribution in [-0.4, -0.2) is 38.0 Å². The molecule has 0 radical (unpaired) electrons. The summed E-state index contributed by atoms with van der Waals surface area (Å²) < 4.78 is 0. The summed E-state index contributed by atoms with van der Waals surface area (Å²) >= 11 is 0. The Kier molecular flexibility index (Phi) is 1.37. The van der Waals surface area contributed by atoms with E-state index in [2.05, 4.69) is 10.3 Å². The smallest absolute Gasteiger partial charge is 0.193 e. The van der Waals surface area contributed by atoms with Gasteiger partial charge >= 0.3 is 0 Å². The molecule has 0 saturated heterocycles. The van der Waals surface area contributed by atoms with Gasteiger partial charge in [0.05, 0.1) is 6.54 Å². The van der Waals surface area contributed by atoms with E-state index in [1.54, 1.807) is 0 Å². The summed E-state index contributed by atoms with van der Waals surface area (Å²) in [6.07, 6.45) is 0. The number of guanidine groups is 1. The van der Waals surface area contributed by atoms with Crippen LogP contribution >= 0.6 is 0 Å². The molecule has 46 valence electrons. The van der Waals surface area contributed by atoms with Gasteiger partial charge in [-0.05, 0) is 0 Å². The van der Waals surface area contributed by atoms with Crippen LogP contribution in [-0.2, 0) is 0 Å². The number of rotatable bonds is 0. The van der Waals surface area contributed by atoms with Crippen molar-refractivity contribution in [3.8, 4) is 0 Å². The fourth-order valence-electron chi connectivity index (χ4n) is 0.685.